The fraction of sp³-hybridized carbons (Fsp3) is 0.520. The van der Waals surface area contributed by atoms with E-state index in [0.29, 0.717) is 36.3 Å². The standard InChI is InChI=1S/C26H36FN3O2.C24H31ClFN3O2/c1-19-22(27)11-8-13-23(19)29-25(26(31)32-3)16-18-30(2)17-7-6-10-21-15-14-20-9-4-5-12-24(20)28-21;1-29(15-5-4-8-18-13-12-17-7-2-3-10-20(17)27-18)16-14-22(24(30)31)28-21-11-6-9-19(26)23(21)25/h8,11,13-15,25,29H,4-7,9-10,12,16-18H2,1-3H3;6,9,11-13,22,28H,2-5,7-8,10,14-16H2,1H3,(H,30,31)/t25-;22-/m00/s1. The van der Waals surface area contributed by atoms with Crippen molar-refractivity contribution in [2.45, 2.75) is 122 Å². The van der Waals surface area contributed by atoms with Crippen molar-refractivity contribution in [3.63, 3.8) is 0 Å². The Labute approximate surface area is 378 Å². The van der Waals surface area contributed by atoms with Crippen LogP contribution in [0, 0.1) is 18.6 Å². The van der Waals surface area contributed by atoms with Crippen LogP contribution in [0.5, 0.6) is 0 Å². The number of nitrogens with one attached hydrogen (secondary N) is 2. The van der Waals surface area contributed by atoms with Gasteiger partial charge in [0.15, 0.2) is 0 Å². The van der Waals surface area contributed by atoms with Crippen LogP contribution in [-0.4, -0.2) is 96.3 Å². The summed E-state index contributed by atoms with van der Waals surface area (Å²) in [4.78, 5) is 37.9. The van der Waals surface area contributed by atoms with Crippen LogP contribution in [0.4, 0.5) is 20.2 Å². The second kappa shape index (κ2) is 25.6. The highest BCUT2D eigenvalue weighted by molar-refractivity contribution is 6.33. The summed E-state index contributed by atoms with van der Waals surface area (Å²) in [6.45, 7) is 4.91. The number of carboxylic acid groups (broad SMARTS) is 1. The van der Waals surface area contributed by atoms with Gasteiger partial charge < -0.3 is 30.3 Å². The Morgan fingerprint density at radius 1 is 0.698 bits per heavy atom. The van der Waals surface area contributed by atoms with Gasteiger partial charge in [-0.15, -0.1) is 0 Å². The van der Waals surface area contributed by atoms with Crippen LogP contribution in [0.1, 0.15) is 104 Å². The number of carbonyl (C=O) groups excluding carboxylic acids is 1. The van der Waals surface area contributed by atoms with Gasteiger partial charge >= 0.3 is 11.9 Å². The van der Waals surface area contributed by atoms with Crippen molar-refractivity contribution < 1.29 is 28.2 Å². The Bertz CT molecular complexity index is 2090. The van der Waals surface area contributed by atoms with Crippen LogP contribution < -0.4 is 10.6 Å². The zero-order chi connectivity index (χ0) is 45.1. The average Bonchev–Trinajstić information content (AvgIpc) is 3.29. The summed E-state index contributed by atoms with van der Waals surface area (Å²) >= 11 is 5.93. The lowest BCUT2D eigenvalue weighted by molar-refractivity contribution is -0.142. The lowest BCUT2D eigenvalue weighted by Crippen LogP contribution is -2.35. The highest BCUT2D eigenvalue weighted by Gasteiger charge is 2.22. The molecule has 2 heterocycles. The van der Waals surface area contributed by atoms with Crippen molar-refractivity contribution in [1.82, 2.24) is 19.8 Å². The van der Waals surface area contributed by atoms with Crippen molar-refractivity contribution in [3.05, 3.63) is 117 Å². The van der Waals surface area contributed by atoms with Gasteiger partial charge in [0, 0.05) is 47.1 Å². The first-order valence-electron chi connectivity index (χ1n) is 22.8. The number of unbranched alkanes of at least 4 members (excludes halogenated alkanes) is 2. The van der Waals surface area contributed by atoms with E-state index in [-0.39, 0.29) is 16.8 Å². The molecular formula is C50H67ClF2N6O4. The molecule has 2 atom stereocenters. The summed E-state index contributed by atoms with van der Waals surface area (Å²) in [5.74, 6) is -2.17. The number of carboxylic acids is 1. The van der Waals surface area contributed by atoms with E-state index in [1.807, 2.05) is 7.05 Å². The zero-order valence-electron chi connectivity index (χ0n) is 37.7. The highest BCUT2D eigenvalue weighted by atomic mass is 35.5. The number of benzene rings is 2. The minimum atomic E-state index is -0.979. The molecule has 0 unspecified atom stereocenters. The van der Waals surface area contributed by atoms with Crippen molar-refractivity contribution in [2.75, 3.05) is 58.0 Å². The molecule has 4 aromatic rings. The Balaban J connectivity index is 0.000000238. The summed E-state index contributed by atoms with van der Waals surface area (Å²) in [6.07, 6.45) is 16.8. The number of pyridine rings is 2. The third-order valence-corrected chi connectivity index (χ3v) is 12.6. The van der Waals surface area contributed by atoms with Gasteiger partial charge in [-0.25, -0.2) is 18.4 Å². The number of aromatic nitrogens is 2. The Morgan fingerprint density at radius 2 is 1.19 bits per heavy atom. The smallest absolute Gasteiger partial charge is 0.328 e. The largest absolute Gasteiger partial charge is 0.480 e. The molecule has 2 aromatic heterocycles. The molecule has 63 heavy (non-hydrogen) atoms. The van der Waals surface area contributed by atoms with Gasteiger partial charge in [0.2, 0.25) is 0 Å². The molecule has 0 spiro atoms. The summed E-state index contributed by atoms with van der Waals surface area (Å²) in [7, 11) is 5.44. The number of anilines is 2. The first-order valence-corrected chi connectivity index (χ1v) is 23.1. The predicted molar refractivity (Wildman–Crippen MR) is 249 cm³/mol. The molecule has 6 rings (SSSR count). The molecule has 2 aromatic carbocycles. The first kappa shape index (κ1) is 49.4. The van der Waals surface area contributed by atoms with Crippen molar-refractivity contribution in [3.8, 4) is 0 Å². The van der Waals surface area contributed by atoms with E-state index in [0.717, 1.165) is 77.4 Å². The normalized spacial score (nSPS) is 14.2. The summed E-state index contributed by atoms with van der Waals surface area (Å²) in [5.41, 5.74) is 9.24. The topological polar surface area (TPSA) is 120 Å². The van der Waals surface area contributed by atoms with Gasteiger partial charge in [0.1, 0.15) is 23.7 Å². The van der Waals surface area contributed by atoms with Crippen LogP contribution in [0.25, 0.3) is 0 Å². The molecule has 13 heteroatoms. The van der Waals surface area contributed by atoms with Crippen LogP contribution >= 0.6 is 11.6 Å². The lowest BCUT2D eigenvalue weighted by atomic mass is 9.95. The van der Waals surface area contributed by atoms with E-state index in [2.05, 4.69) is 51.7 Å². The molecule has 0 saturated heterocycles. The summed E-state index contributed by atoms with van der Waals surface area (Å²) in [5, 5.41) is 15.4. The number of hydrogen-bond donors (Lipinski definition) is 3. The minimum absolute atomic E-state index is 0.0853. The van der Waals surface area contributed by atoms with E-state index < -0.39 is 23.9 Å². The molecule has 0 aliphatic heterocycles. The van der Waals surface area contributed by atoms with Gasteiger partial charge in [0.05, 0.1) is 17.8 Å². The number of nitrogens with zero attached hydrogens (tertiary/aromatic N) is 4. The number of halogens is 3. The van der Waals surface area contributed by atoms with Gasteiger partial charge in [-0.05, 0) is 184 Å². The number of fused-ring (bicyclic) bond motifs is 2. The quantitative estimate of drug-likeness (QED) is 0.0520. The maximum Gasteiger partial charge on any atom is 0.328 e. The number of hydrogen-bond acceptors (Lipinski definition) is 9. The van der Waals surface area contributed by atoms with Crippen LogP contribution in [0.3, 0.4) is 0 Å². The van der Waals surface area contributed by atoms with Crippen LogP contribution in [0.2, 0.25) is 5.02 Å². The van der Waals surface area contributed by atoms with Gasteiger partial charge in [-0.1, -0.05) is 35.9 Å². The third-order valence-electron chi connectivity index (χ3n) is 12.2. The van der Waals surface area contributed by atoms with Gasteiger partial charge in [-0.3, -0.25) is 9.97 Å². The van der Waals surface area contributed by atoms with Gasteiger partial charge in [0.25, 0.3) is 0 Å². The summed E-state index contributed by atoms with van der Waals surface area (Å²) < 4.78 is 32.4. The number of methoxy groups -OCH3 is 1. The molecule has 342 valence electrons. The maximum absolute atomic E-state index is 13.8. The molecule has 0 amide bonds. The molecule has 10 nitrogen and oxygen atoms in total. The Hall–Kier alpha value is -4.65. The van der Waals surface area contributed by atoms with E-state index in [4.69, 9.17) is 26.3 Å². The number of rotatable bonds is 22. The highest BCUT2D eigenvalue weighted by Crippen LogP contribution is 2.26. The SMILES string of the molecule is CN(CCCCc1ccc2c(n1)CCCC2)CC[C@H](Nc1cccc(F)c1Cl)C(=O)O.COC(=O)[C@H](CCN(C)CCCCc1ccc2c(n1)CCCC2)Nc1cccc(F)c1C. The first-order chi connectivity index (χ1) is 30.4. The van der Waals surface area contributed by atoms with Crippen molar-refractivity contribution in [2.24, 2.45) is 0 Å². The predicted octanol–water partition coefficient (Wildman–Crippen LogP) is 9.67. The Morgan fingerprint density at radius 3 is 1.73 bits per heavy atom. The molecule has 0 saturated carbocycles. The molecular weight excluding hydrogens is 822 g/mol. The average molecular weight is 890 g/mol. The molecule has 0 bridgehead atoms. The minimum Gasteiger partial charge on any atom is -0.480 e. The van der Waals surface area contributed by atoms with Crippen molar-refractivity contribution >= 4 is 34.9 Å². The lowest BCUT2D eigenvalue weighted by Gasteiger charge is -2.22. The van der Waals surface area contributed by atoms with E-state index in [1.165, 1.54) is 91.3 Å². The van der Waals surface area contributed by atoms with Crippen LogP contribution in [-0.2, 0) is 52.9 Å². The number of ether oxygens (including phenoxy) is 1. The van der Waals surface area contributed by atoms with Crippen molar-refractivity contribution in [1.29, 1.82) is 0 Å². The number of aryl methyl sites for hydroxylation is 6. The third kappa shape index (κ3) is 15.8. The summed E-state index contributed by atoms with van der Waals surface area (Å²) in [6, 6.07) is 16.7. The fourth-order valence-electron chi connectivity index (χ4n) is 8.23. The van der Waals surface area contributed by atoms with Crippen LogP contribution in [0.15, 0.2) is 60.7 Å². The number of aliphatic carboxylic acids is 1. The number of esters is 1. The Kier molecular flexibility index (Phi) is 20.1. The second-order valence-electron chi connectivity index (χ2n) is 17.1. The molecule has 3 N–H and O–H groups in total. The van der Waals surface area contributed by atoms with E-state index in [9.17, 15) is 23.5 Å². The number of carbonyl (C=O) groups is 2. The zero-order valence-corrected chi connectivity index (χ0v) is 38.4. The molecule has 2 aliphatic carbocycles. The van der Waals surface area contributed by atoms with E-state index in [1.54, 1.807) is 25.1 Å². The molecule has 0 radical (unpaired) electrons. The van der Waals surface area contributed by atoms with E-state index >= 15 is 0 Å². The fourth-order valence-corrected chi connectivity index (χ4v) is 8.42. The van der Waals surface area contributed by atoms with Gasteiger partial charge in [-0.2, -0.15) is 0 Å². The second-order valence-corrected chi connectivity index (χ2v) is 17.5. The molecule has 0 fully saturated rings. The maximum atomic E-state index is 13.8. The monoisotopic (exact) mass is 888 g/mol. The molecule has 2 aliphatic rings.